The first-order valence-corrected chi connectivity index (χ1v) is 9.25. The molecule has 3 rings (SSSR count). The van der Waals surface area contributed by atoms with E-state index in [1.54, 1.807) is 42.5 Å². The smallest absolute Gasteiger partial charge is 0.255 e. The van der Waals surface area contributed by atoms with E-state index in [0.717, 1.165) is 5.56 Å². The molecule has 0 bridgehead atoms. The van der Waals surface area contributed by atoms with E-state index in [1.807, 2.05) is 0 Å². The molecular weight excluding hydrogens is 336 g/mol. The minimum absolute atomic E-state index is 0.310. The highest BCUT2D eigenvalue weighted by Gasteiger charge is 2.27. The van der Waals surface area contributed by atoms with Crippen molar-refractivity contribution in [2.24, 2.45) is 0 Å². The van der Waals surface area contributed by atoms with Gasteiger partial charge in [0, 0.05) is 22.8 Å². The average Bonchev–Trinajstić information content (AvgIpc) is 2.90. The lowest BCUT2D eigenvalue weighted by atomic mass is 10.1. The third-order valence-corrected chi connectivity index (χ3v) is 5.10. The Morgan fingerprint density at radius 3 is 2.70 bits per heavy atom. The van der Waals surface area contributed by atoms with E-state index in [-0.39, 0.29) is 5.91 Å². The fraction of sp³-hybridized carbons (Fsp3) is 0.188. The van der Waals surface area contributed by atoms with Crippen LogP contribution in [0.1, 0.15) is 15.9 Å². The lowest BCUT2D eigenvalue weighted by molar-refractivity contribution is 0.102. The maximum Gasteiger partial charge on any atom is 0.255 e. The van der Waals surface area contributed by atoms with Gasteiger partial charge in [-0.1, -0.05) is 23.7 Å². The Hall–Kier alpha value is -2.05. The summed E-state index contributed by atoms with van der Waals surface area (Å²) in [6.45, 7) is 0.410. The second-order valence-corrected chi connectivity index (χ2v) is 7.74. The van der Waals surface area contributed by atoms with Crippen LogP contribution in [0.5, 0.6) is 0 Å². The van der Waals surface area contributed by atoms with Crippen molar-refractivity contribution in [2.75, 3.05) is 22.4 Å². The normalized spacial score (nSPS) is 13.7. The second-order valence-electron chi connectivity index (χ2n) is 5.39. The molecular formula is C16H15ClN2O3S. The highest BCUT2D eigenvalue weighted by Crippen LogP contribution is 2.31. The van der Waals surface area contributed by atoms with Crippen LogP contribution in [0.15, 0.2) is 42.5 Å². The summed E-state index contributed by atoms with van der Waals surface area (Å²) >= 11 is 5.90. The molecule has 0 radical (unpaired) electrons. The number of halogens is 1. The molecule has 2 aromatic carbocycles. The topological polar surface area (TPSA) is 66.5 Å². The van der Waals surface area contributed by atoms with Gasteiger partial charge in [0.15, 0.2) is 0 Å². The van der Waals surface area contributed by atoms with Crippen molar-refractivity contribution in [1.29, 1.82) is 0 Å². The number of carbonyl (C=O) groups excluding carboxylic acids is 1. The van der Waals surface area contributed by atoms with Gasteiger partial charge in [0.05, 0.1) is 11.9 Å². The molecule has 7 heteroatoms. The van der Waals surface area contributed by atoms with Gasteiger partial charge in [-0.25, -0.2) is 8.42 Å². The van der Waals surface area contributed by atoms with Crippen molar-refractivity contribution in [2.45, 2.75) is 6.42 Å². The van der Waals surface area contributed by atoms with Gasteiger partial charge in [-0.15, -0.1) is 0 Å². The maximum atomic E-state index is 12.4. The molecule has 0 spiro atoms. The molecule has 0 saturated heterocycles. The Labute approximate surface area is 139 Å². The highest BCUT2D eigenvalue weighted by atomic mass is 35.5. The molecule has 1 aliphatic heterocycles. The number of amides is 1. The van der Waals surface area contributed by atoms with Crippen molar-refractivity contribution < 1.29 is 13.2 Å². The van der Waals surface area contributed by atoms with Crippen LogP contribution < -0.4 is 9.62 Å². The highest BCUT2D eigenvalue weighted by molar-refractivity contribution is 7.92. The van der Waals surface area contributed by atoms with Crippen LogP contribution in [0.4, 0.5) is 11.4 Å². The number of rotatable bonds is 3. The number of carbonyl (C=O) groups is 1. The predicted octanol–water partition coefficient (Wildman–Crippen LogP) is 2.91. The van der Waals surface area contributed by atoms with Gasteiger partial charge in [-0.2, -0.15) is 0 Å². The number of nitrogens with one attached hydrogen (secondary N) is 1. The molecule has 1 N–H and O–H groups in total. The molecule has 23 heavy (non-hydrogen) atoms. The zero-order valence-electron chi connectivity index (χ0n) is 12.4. The third-order valence-electron chi connectivity index (χ3n) is 3.68. The quantitative estimate of drug-likeness (QED) is 0.925. The number of anilines is 2. The monoisotopic (exact) mass is 350 g/mol. The van der Waals surface area contributed by atoms with Crippen molar-refractivity contribution >= 4 is 38.9 Å². The Morgan fingerprint density at radius 2 is 2.00 bits per heavy atom. The molecule has 0 fully saturated rings. The van der Waals surface area contributed by atoms with E-state index in [9.17, 15) is 13.2 Å². The Morgan fingerprint density at radius 1 is 1.22 bits per heavy atom. The van der Waals surface area contributed by atoms with Crippen molar-refractivity contribution in [3.63, 3.8) is 0 Å². The molecule has 120 valence electrons. The number of benzene rings is 2. The Balaban J connectivity index is 1.88. The lowest BCUT2D eigenvalue weighted by Gasteiger charge is -2.17. The summed E-state index contributed by atoms with van der Waals surface area (Å²) in [6.07, 6.45) is 1.82. The van der Waals surface area contributed by atoms with Gasteiger partial charge >= 0.3 is 0 Å². The minimum Gasteiger partial charge on any atom is -0.322 e. The van der Waals surface area contributed by atoms with Crippen LogP contribution in [-0.2, 0) is 16.4 Å². The van der Waals surface area contributed by atoms with Crippen molar-refractivity contribution in [1.82, 2.24) is 0 Å². The number of sulfonamides is 1. The van der Waals surface area contributed by atoms with Crippen molar-refractivity contribution in [3.8, 4) is 0 Å². The first-order chi connectivity index (χ1) is 10.8. The maximum absolute atomic E-state index is 12.4. The molecule has 5 nitrogen and oxygen atoms in total. The molecule has 0 unspecified atom stereocenters. The number of nitrogens with zero attached hydrogens (tertiary/aromatic N) is 1. The van der Waals surface area contributed by atoms with Gasteiger partial charge in [-0.3, -0.25) is 9.10 Å². The molecule has 0 saturated carbocycles. The predicted molar refractivity (Wildman–Crippen MR) is 91.7 cm³/mol. The summed E-state index contributed by atoms with van der Waals surface area (Å²) in [5.74, 6) is -0.310. The molecule has 2 aromatic rings. The summed E-state index contributed by atoms with van der Waals surface area (Å²) in [5, 5.41) is 3.28. The van der Waals surface area contributed by atoms with Gasteiger partial charge in [-0.05, 0) is 42.3 Å². The zero-order valence-corrected chi connectivity index (χ0v) is 14.0. The SMILES string of the molecule is CS(=O)(=O)N1CCc2ccc(C(=O)Nc3cccc(Cl)c3)cc21. The van der Waals surface area contributed by atoms with Gasteiger partial charge in [0.1, 0.15) is 0 Å². The van der Waals surface area contributed by atoms with E-state index in [4.69, 9.17) is 11.6 Å². The number of hydrogen-bond donors (Lipinski definition) is 1. The van der Waals surface area contributed by atoms with Crippen LogP contribution >= 0.6 is 11.6 Å². The first-order valence-electron chi connectivity index (χ1n) is 7.02. The van der Waals surface area contributed by atoms with E-state index < -0.39 is 10.0 Å². The molecule has 1 heterocycles. The minimum atomic E-state index is -3.34. The fourth-order valence-corrected chi connectivity index (χ4v) is 3.75. The Kier molecular flexibility index (Phi) is 4.04. The van der Waals surface area contributed by atoms with Gasteiger partial charge < -0.3 is 5.32 Å². The molecule has 0 aromatic heterocycles. The molecule has 0 aliphatic carbocycles. The number of fused-ring (bicyclic) bond motifs is 1. The van der Waals surface area contributed by atoms with E-state index in [2.05, 4.69) is 5.32 Å². The van der Waals surface area contributed by atoms with E-state index in [1.165, 1.54) is 10.6 Å². The van der Waals surface area contributed by atoms with Gasteiger partial charge in [0.25, 0.3) is 5.91 Å². The van der Waals surface area contributed by atoms with Gasteiger partial charge in [0.2, 0.25) is 10.0 Å². The van der Waals surface area contributed by atoms with Crippen LogP contribution in [-0.4, -0.2) is 27.1 Å². The summed E-state index contributed by atoms with van der Waals surface area (Å²) in [7, 11) is -3.34. The van der Waals surface area contributed by atoms with Crippen molar-refractivity contribution in [3.05, 3.63) is 58.6 Å². The molecule has 1 aliphatic rings. The van der Waals surface area contributed by atoms with E-state index in [0.29, 0.717) is 34.9 Å². The second kappa shape index (κ2) is 5.86. The number of hydrogen-bond acceptors (Lipinski definition) is 3. The Bertz CT molecular complexity index is 881. The molecule has 1 amide bonds. The molecule has 0 atom stereocenters. The first kappa shape index (κ1) is 15.8. The van der Waals surface area contributed by atoms with Crippen LogP contribution in [0.25, 0.3) is 0 Å². The average molecular weight is 351 g/mol. The summed E-state index contributed by atoms with van der Waals surface area (Å²) in [5.41, 5.74) is 2.49. The summed E-state index contributed by atoms with van der Waals surface area (Å²) in [4.78, 5) is 12.4. The van der Waals surface area contributed by atoms with Crippen LogP contribution in [0.2, 0.25) is 5.02 Å². The van der Waals surface area contributed by atoms with Crippen LogP contribution in [0, 0.1) is 0 Å². The largest absolute Gasteiger partial charge is 0.322 e. The summed E-state index contributed by atoms with van der Waals surface area (Å²) < 4.78 is 25.0. The third kappa shape index (κ3) is 3.33. The van der Waals surface area contributed by atoms with Crippen LogP contribution in [0.3, 0.4) is 0 Å². The summed E-state index contributed by atoms with van der Waals surface area (Å²) in [6, 6.07) is 12.0. The fourth-order valence-electron chi connectivity index (χ4n) is 2.61. The van der Waals surface area contributed by atoms with E-state index >= 15 is 0 Å². The zero-order chi connectivity index (χ0) is 16.6. The standard InChI is InChI=1S/C16H15ClN2O3S/c1-23(21,22)19-8-7-11-5-6-12(9-15(11)19)16(20)18-14-4-2-3-13(17)10-14/h2-6,9-10H,7-8H2,1H3,(H,18,20). The lowest BCUT2D eigenvalue weighted by Crippen LogP contribution is -2.27.